The molecule has 0 saturated carbocycles. The third-order valence-corrected chi connectivity index (χ3v) is 2.19. The van der Waals surface area contributed by atoms with Crippen LogP contribution in [0, 0.1) is 9.85 Å². The van der Waals surface area contributed by atoms with Crippen LogP contribution in [-0.4, -0.2) is 12.2 Å². The fourth-order valence-corrected chi connectivity index (χ4v) is 1.36. The van der Waals surface area contributed by atoms with Gasteiger partial charge in [-0.25, -0.2) is 4.79 Å². The average molecular weight is 309 g/mol. The molecule has 0 spiro atoms. The van der Waals surface area contributed by atoms with Gasteiger partial charge < -0.3 is 10.5 Å². The number of unbranched alkanes of at least 4 members (excludes halogenated alkanes) is 2. The van der Waals surface area contributed by atoms with Crippen LogP contribution in [-0.2, 0) is 4.74 Å². The molecule has 0 rings (SSSR count). The van der Waals surface area contributed by atoms with E-state index in [1.807, 2.05) is 22.6 Å². The van der Waals surface area contributed by atoms with Crippen molar-refractivity contribution in [1.82, 2.24) is 0 Å². The molecule has 0 bridgehead atoms. The topological polar surface area (TPSA) is 52.3 Å². The first-order valence-electron chi connectivity index (χ1n) is 4.75. The van der Waals surface area contributed by atoms with Gasteiger partial charge in [-0.15, -0.1) is 0 Å². The molecule has 0 aromatic rings. The van der Waals surface area contributed by atoms with E-state index >= 15 is 0 Å². The Hall–Kier alpha value is -0.440. The summed E-state index contributed by atoms with van der Waals surface area (Å²) < 4.78 is 7.68. The van der Waals surface area contributed by atoms with Gasteiger partial charge >= 0.3 is 6.09 Å². The van der Waals surface area contributed by atoms with E-state index < -0.39 is 6.09 Å². The standard InChI is InChI=1S/C10H16INO2/c1-2-3-4-6-9(7-5-8-11)14-10(12)13/h9H,2-4,6-7H2,1H3,(H2,12,13). The fourth-order valence-electron chi connectivity index (χ4n) is 1.14. The van der Waals surface area contributed by atoms with Crippen molar-refractivity contribution in [1.29, 1.82) is 0 Å². The molecule has 0 aliphatic heterocycles. The van der Waals surface area contributed by atoms with Crippen molar-refractivity contribution >= 4 is 28.7 Å². The summed E-state index contributed by atoms with van der Waals surface area (Å²) in [7, 11) is 0. The minimum Gasteiger partial charge on any atom is -0.445 e. The minimum absolute atomic E-state index is 0.138. The number of amides is 1. The second kappa shape index (κ2) is 9.13. The lowest BCUT2D eigenvalue weighted by atomic mass is 10.1. The molecule has 0 fully saturated rings. The molecule has 0 aromatic carbocycles. The third-order valence-electron chi connectivity index (χ3n) is 1.81. The van der Waals surface area contributed by atoms with E-state index in [9.17, 15) is 4.79 Å². The number of hydrogen-bond donors (Lipinski definition) is 1. The van der Waals surface area contributed by atoms with Gasteiger partial charge in [0, 0.05) is 29.0 Å². The quantitative estimate of drug-likeness (QED) is 0.466. The molecule has 0 radical (unpaired) electrons. The van der Waals surface area contributed by atoms with Gasteiger partial charge in [-0.3, -0.25) is 0 Å². The van der Waals surface area contributed by atoms with E-state index in [2.05, 4.69) is 16.8 Å². The first-order chi connectivity index (χ1) is 6.70. The van der Waals surface area contributed by atoms with Crippen LogP contribution >= 0.6 is 22.6 Å². The second-order valence-electron chi connectivity index (χ2n) is 3.03. The molecule has 2 N–H and O–H groups in total. The molecule has 80 valence electrons. The van der Waals surface area contributed by atoms with E-state index in [0.29, 0.717) is 6.42 Å². The van der Waals surface area contributed by atoms with Gasteiger partial charge in [-0.1, -0.05) is 25.7 Å². The Kier molecular flexibility index (Phi) is 8.84. The van der Waals surface area contributed by atoms with Gasteiger partial charge in [-0.2, -0.15) is 0 Å². The molecule has 0 aliphatic carbocycles. The highest BCUT2D eigenvalue weighted by atomic mass is 127. The fraction of sp³-hybridized carbons (Fsp3) is 0.700. The minimum atomic E-state index is -0.707. The molecule has 1 atom stereocenters. The van der Waals surface area contributed by atoms with E-state index in [0.717, 1.165) is 25.7 Å². The Balaban J connectivity index is 3.82. The van der Waals surface area contributed by atoms with Gasteiger partial charge in [-0.05, 0) is 16.8 Å². The van der Waals surface area contributed by atoms with E-state index in [-0.39, 0.29) is 6.10 Å². The number of rotatable bonds is 6. The zero-order valence-electron chi connectivity index (χ0n) is 8.38. The summed E-state index contributed by atoms with van der Waals surface area (Å²) in [6.45, 7) is 2.13. The monoisotopic (exact) mass is 309 g/mol. The smallest absolute Gasteiger partial charge is 0.404 e. The molecule has 3 nitrogen and oxygen atoms in total. The maximum atomic E-state index is 10.6. The van der Waals surface area contributed by atoms with Crippen molar-refractivity contribution in [2.45, 2.75) is 45.1 Å². The van der Waals surface area contributed by atoms with Gasteiger partial charge in [0.15, 0.2) is 0 Å². The lowest BCUT2D eigenvalue weighted by Gasteiger charge is -2.13. The van der Waals surface area contributed by atoms with Crippen molar-refractivity contribution < 1.29 is 9.53 Å². The molecular weight excluding hydrogens is 293 g/mol. The number of hydrogen-bond acceptors (Lipinski definition) is 2. The van der Waals surface area contributed by atoms with Crippen LogP contribution in [0.5, 0.6) is 0 Å². The zero-order chi connectivity index (χ0) is 10.8. The van der Waals surface area contributed by atoms with Crippen molar-refractivity contribution in [2.24, 2.45) is 5.73 Å². The molecule has 1 unspecified atom stereocenters. The first-order valence-corrected chi connectivity index (χ1v) is 5.83. The summed E-state index contributed by atoms with van der Waals surface area (Å²) in [5.74, 6) is 2.88. The lowest BCUT2D eigenvalue weighted by Crippen LogP contribution is -2.22. The third kappa shape index (κ3) is 8.17. The van der Waals surface area contributed by atoms with Crippen LogP contribution in [0.15, 0.2) is 0 Å². The van der Waals surface area contributed by atoms with Gasteiger partial charge in [0.1, 0.15) is 6.10 Å². The van der Waals surface area contributed by atoms with Crippen LogP contribution in [0.25, 0.3) is 0 Å². The summed E-state index contributed by atoms with van der Waals surface area (Å²) in [5.41, 5.74) is 4.96. The van der Waals surface area contributed by atoms with Crippen LogP contribution < -0.4 is 5.73 Å². The van der Waals surface area contributed by atoms with Crippen LogP contribution in [0.2, 0.25) is 0 Å². The van der Waals surface area contributed by atoms with Crippen molar-refractivity contribution in [3.63, 3.8) is 0 Å². The highest BCUT2D eigenvalue weighted by Crippen LogP contribution is 2.09. The number of nitrogens with two attached hydrogens (primary N) is 1. The number of halogens is 1. The SMILES string of the molecule is CCCCCC(CC#CI)OC(N)=O. The molecule has 0 saturated heterocycles. The maximum absolute atomic E-state index is 10.6. The van der Waals surface area contributed by atoms with E-state index in [1.54, 1.807) is 0 Å². The predicted octanol–water partition coefficient (Wildman–Crippen LogP) is 2.82. The van der Waals surface area contributed by atoms with Gasteiger partial charge in [0.05, 0.1) is 0 Å². The summed E-state index contributed by atoms with van der Waals surface area (Å²) in [6, 6.07) is 0. The van der Waals surface area contributed by atoms with Gasteiger partial charge in [0.25, 0.3) is 0 Å². The summed E-state index contributed by atoms with van der Waals surface area (Å²) in [4.78, 5) is 10.6. The largest absolute Gasteiger partial charge is 0.445 e. The zero-order valence-corrected chi connectivity index (χ0v) is 10.5. The summed E-state index contributed by atoms with van der Waals surface area (Å²) >= 11 is 1.97. The Bertz CT molecular complexity index is 220. The molecule has 0 heterocycles. The molecule has 1 amide bonds. The lowest BCUT2D eigenvalue weighted by molar-refractivity contribution is 0.102. The number of ether oxygens (including phenoxy) is 1. The summed E-state index contributed by atoms with van der Waals surface area (Å²) in [5, 5.41) is 0. The van der Waals surface area contributed by atoms with E-state index in [1.165, 1.54) is 0 Å². The Morgan fingerprint density at radius 1 is 1.57 bits per heavy atom. The number of carbonyl (C=O) groups is 1. The van der Waals surface area contributed by atoms with Crippen LogP contribution in [0.3, 0.4) is 0 Å². The molecule has 4 heteroatoms. The van der Waals surface area contributed by atoms with Crippen LogP contribution in [0.4, 0.5) is 4.79 Å². The Morgan fingerprint density at radius 3 is 2.79 bits per heavy atom. The normalized spacial score (nSPS) is 11.3. The Labute approximate surface area is 98.9 Å². The molecule has 0 aliphatic rings. The average Bonchev–Trinajstić information content (AvgIpc) is 2.13. The Morgan fingerprint density at radius 2 is 2.29 bits per heavy atom. The summed E-state index contributed by atoms with van der Waals surface area (Å²) in [6.07, 6.45) is 3.94. The molecule has 0 aromatic heterocycles. The molecular formula is C10H16INO2. The van der Waals surface area contributed by atoms with Crippen molar-refractivity contribution in [3.05, 3.63) is 0 Å². The highest BCUT2D eigenvalue weighted by molar-refractivity contribution is 14.1. The predicted molar refractivity (Wildman–Crippen MR) is 65.0 cm³/mol. The molecule has 14 heavy (non-hydrogen) atoms. The number of primary amides is 1. The van der Waals surface area contributed by atoms with Crippen molar-refractivity contribution in [3.8, 4) is 9.85 Å². The second-order valence-corrected chi connectivity index (χ2v) is 3.57. The van der Waals surface area contributed by atoms with Crippen LogP contribution in [0.1, 0.15) is 39.0 Å². The van der Waals surface area contributed by atoms with E-state index in [4.69, 9.17) is 10.5 Å². The van der Waals surface area contributed by atoms with Gasteiger partial charge in [0.2, 0.25) is 0 Å². The van der Waals surface area contributed by atoms with Crippen molar-refractivity contribution in [2.75, 3.05) is 0 Å². The maximum Gasteiger partial charge on any atom is 0.404 e. The first kappa shape index (κ1) is 13.6. The number of carbonyl (C=O) groups excluding carboxylic acids is 1. The highest BCUT2D eigenvalue weighted by Gasteiger charge is 2.10.